The minimum absolute atomic E-state index is 0.333. The monoisotopic (exact) mass is 235 g/mol. The van der Waals surface area contributed by atoms with E-state index in [0.717, 1.165) is 31.2 Å². The quantitative estimate of drug-likeness (QED) is 0.808. The summed E-state index contributed by atoms with van der Waals surface area (Å²) < 4.78 is 6.86. The number of nitrogens with zero attached hydrogens (tertiary/aromatic N) is 2. The zero-order chi connectivity index (χ0) is 12.0. The van der Waals surface area contributed by atoms with Gasteiger partial charge in [-0.25, -0.2) is 9.48 Å². The second-order valence-electron chi connectivity index (χ2n) is 4.82. The third-order valence-corrected chi connectivity index (χ3v) is 3.33. The molecule has 0 spiro atoms. The summed E-state index contributed by atoms with van der Waals surface area (Å²) in [5.41, 5.74) is 7.48. The van der Waals surface area contributed by atoms with Gasteiger partial charge in [-0.2, -0.15) is 5.10 Å². The number of aromatic nitrogens is 2. The number of rotatable bonds is 4. The summed E-state index contributed by atoms with van der Waals surface area (Å²) in [5.74, 6) is 0.764. The number of hydrogen-bond acceptors (Lipinski definition) is 4. The van der Waals surface area contributed by atoms with Crippen LogP contribution in [0.4, 0.5) is 5.82 Å². The van der Waals surface area contributed by atoms with E-state index in [1.807, 2.05) is 4.68 Å². The molecular weight excluding hydrogens is 218 g/mol. The van der Waals surface area contributed by atoms with Crippen LogP contribution in [0, 0.1) is 0 Å². The van der Waals surface area contributed by atoms with Crippen molar-refractivity contribution < 1.29 is 9.53 Å². The lowest BCUT2D eigenvalue weighted by Gasteiger charge is -2.01. The summed E-state index contributed by atoms with van der Waals surface area (Å²) in [4.78, 5) is 11.9. The molecule has 1 aromatic heterocycles. The lowest BCUT2D eigenvalue weighted by molar-refractivity contribution is 0.0517. The first kappa shape index (κ1) is 10.6. The first-order chi connectivity index (χ1) is 8.22. The highest BCUT2D eigenvalue weighted by Crippen LogP contribution is 2.47. The average Bonchev–Trinajstić information content (AvgIpc) is 3.18. The number of anilines is 1. The van der Waals surface area contributed by atoms with E-state index in [4.69, 9.17) is 10.5 Å². The van der Waals surface area contributed by atoms with Gasteiger partial charge in [0.1, 0.15) is 5.82 Å². The van der Waals surface area contributed by atoms with E-state index in [2.05, 4.69) is 5.10 Å². The number of nitrogen functional groups attached to an aromatic ring is 1. The van der Waals surface area contributed by atoms with Crippen LogP contribution < -0.4 is 5.73 Å². The molecular formula is C12H17N3O2. The van der Waals surface area contributed by atoms with Gasteiger partial charge in [-0.05, 0) is 38.5 Å². The number of ether oxygens (including phenoxy) is 1. The van der Waals surface area contributed by atoms with Crippen LogP contribution in [0.5, 0.6) is 0 Å². The standard InChI is InChI=1S/C12H17N3O2/c1-2-17-12(16)10-9(7-3-4-7)11(13)15(14-10)8-5-6-8/h7-8H,2-6,13H2,1H3. The zero-order valence-corrected chi connectivity index (χ0v) is 9.98. The second kappa shape index (κ2) is 3.75. The van der Waals surface area contributed by atoms with Crippen molar-refractivity contribution in [2.75, 3.05) is 12.3 Å². The molecule has 5 heteroatoms. The lowest BCUT2D eigenvalue weighted by Crippen LogP contribution is -2.08. The SMILES string of the molecule is CCOC(=O)c1nn(C2CC2)c(N)c1C1CC1. The van der Waals surface area contributed by atoms with Gasteiger partial charge >= 0.3 is 5.97 Å². The van der Waals surface area contributed by atoms with Gasteiger partial charge in [-0.15, -0.1) is 0 Å². The van der Waals surface area contributed by atoms with Crippen molar-refractivity contribution in [2.24, 2.45) is 0 Å². The Morgan fingerprint density at radius 3 is 2.71 bits per heavy atom. The van der Waals surface area contributed by atoms with E-state index in [9.17, 15) is 4.79 Å². The highest BCUT2D eigenvalue weighted by atomic mass is 16.5. The van der Waals surface area contributed by atoms with Crippen molar-refractivity contribution in [2.45, 2.75) is 44.6 Å². The number of esters is 1. The van der Waals surface area contributed by atoms with Gasteiger partial charge in [-0.3, -0.25) is 0 Å². The fraction of sp³-hybridized carbons (Fsp3) is 0.667. The molecule has 2 N–H and O–H groups in total. The van der Waals surface area contributed by atoms with Gasteiger partial charge in [0.15, 0.2) is 5.69 Å². The minimum Gasteiger partial charge on any atom is -0.461 e. The fourth-order valence-electron chi connectivity index (χ4n) is 2.18. The Labute approximate surface area is 99.9 Å². The molecule has 2 aliphatic rings. The zero-order valence-electron chi connectivity index (χ0n) is 9.98. The maximum atomic E-state index is 11.9. The highest BCUT2D eigenvalue weighted by Gasteiger charge is 2.37. The Balaban J connectivity index is 1.99. The van der Waals surface area contributed by atoms with E-state index < -0.39 is 0 Å². The number of hydrogen-bond donors (Lipinski definition) is 1. The molecule has 0 radical (unpaired) electrons. The van der Waals surface area contributed by atoms with Gasteiger partial charge in [0.25, 0.3) is 0 Å². The normalized spacial score (nSPS) is 19.4. The smallest absolute Gasteiger partial charge is 0.359 e. The molecule has 2 aliphatic carbocycles. The molecule has 2 fully saturated rings. The molecule has 0 bridgehead atoms. The van der Waals surface area contributed by atoms with E-state index in [0.29, 0.717) is 30.1 Å². The van der Waals surface area contributed by atoms with Crippen LogP contribution in [-0.4, -0.2) is 22.4 Å². The Hall–Kier alpha value is -1.52. The summed E-state index contributed by atoms with van der Waals surface area (Å²) in [6, 6.07) is 0.399. The van der Waals surface area contributed by atoms with Crippen LogP contribution in [0.2, 0.25) is 0 Å². The lowest BCUT2D eigenvalue weighted by atomic mass is 10.1. The van der Waals surface area contributed by atoms with Crippen LogP contribution in [0.15, 0.2) is 0 Å². The molecule has 0 atom stereocenters. The Bertz CT molecular complexity index is 459. The molecule has 1 aromatic rings. The van der Waals surface area contributed by atoms with Crippen LogP contribution in [0.25, 0.3) is 0 Å². The van der Waals surface area contributed by atoms with Crippen molar-refractivity contribution in [3.8, 4) is 0 Å². The Kier molecular flexibility index (Phi) is 2.34. The first-order valence-electron chi connectivity index (χ1n) is 6.27. The van der Waals surface area contributed by atoms with Gasteiger partial charge in [0, 0.05) is 5.56 Å². The van der Waals surface area contributed by atoms with Gasteiger partial charge < -0.3 is 10.5 Å². The van der Waals surface area contributed by atoms with Gasteiger partial charge in [-0.1, -0.05) is 0 Å². The molecule has 0 amide bonds. The Morgan fingerprint density at radius 1 is 1.47 bits per heavy atom. The maximum absolute atomic E-state index is 11.9. The summed E-state index contributed by atoms with van der Waals surface area (Å²) in [6.07, 6.45) is 4.43. The number of carbonyl (C=O) groups is 1. The third-order valence-electron chi connectivity index (χ3n) is 3.33. The van der Waals surface area contributed by atoms with E-state index >= 15 is 0 Å². The highest BCUT2D eigenvalue weighted by molar-refractivity contribution is 5.91. The van der Waals surface area contributed by atoms with Gasteiger partial charge in [0.2, 0.25) is 0 Å². The van der Waals surface area contributed by atoms with Crippen molar-refractivity contribution in [1.29, 1.82) is 0 Å². The summed E-state index contributed by atoms with van der Waals surface area (Å²) in [6.45, 7) is 2.18. The third kappa shape index (κ3) is 1.79. The Morgan fingerprint density at radius 2 is 2.18 bits per heavy atom. The molecule has 17 heavy (non-hydrogen) atoms. The molecule has 0 saturated heterocycles. The second-order valence-corrected chi connectivity index (χ2v) is 4.82. The van der Waals surface area contributed by atoms with Crippen LogP contribution >= 0.6 is 0 Å². The molecule has 1 heterocycles. The van der Waals surface area contributed by atoms with Crippen molar-refractivity contribution in [3.05, 3.63) is 11.3 Å². The first-order valence-corrected chi connectivity index (χ1v) is 6.27. The van der Waals surface area contributed by atoms with E-state index in [-0.39, 0.29) is 5.97 Å². The number of carbonyl (C=O) groups excluding carboxylic acids is 1. The van der Waals surface area contributed by atoms with Crippen LogP contribution in [0.3, 0.4) is 0 Å². The van der Waals surface area contributed by atoms with Crippen molar-refractivity contribution in [3.63, 3.8) is 0 Å². The average molecular weight is 235 g/mol. The van der Waals surface area contributed by atoms with Crippen LogP contribution in [-0.2, 0) is 4.74 Å². The predicted octanol–water partition coefficient (Wildman–Crippen LogP) is 1.85. The summed E-state index contributed by atoms with van der Waals surface area (Å²) in [5, 5.41) is 4.37. The van der Waals surface area contributed by atoms with Crippen molar-refractivity contribution in [1.82, 2.24) is 9.78 Å². The topological polar surface area (TPSA) is 70.1 Å². The molecule has 5 nitrogen and oxygen atoms in total. The molecule has 2 saturated carbocycles. The van der Waals surface area contributed by atoms with Gasteiger partial charge in [0.05, 0.1) is 12.6 Å². The molecule has 0 aromatic carbocycles. The minimum atomic E-state index is -0.333. The van der Waals surface area contributed by atoms with Crippen molar-refractivity contribution >= 4 is 11.8 Å². The predicted molar refractivity (Wildman–Crippen MR) is 62.8 cm³/mol. The molecule has 0 aliphatic heterocycles. The van der Waals surface area contributed by atoms with E-state index in [1.165, 1.54) is 0 Å². The number of nitrogens with two attached hydrogens (primary N) is 1. The fourth-order valence-corrected chi connectivity index (χ4v) is 2.18. The molecule has 3 rings (SSSR count). The molecule has 92 valence electrons. The summed E-state index contributed by atoms with van der Waals surface area (Å²) >= 11 is 0. The molecule has 0 unspecified atom stereocenters. The summed E-state index contributed by atoms with van der Waals surface area (Å²) in [7, 11) is 0. The van der Waals surface area contributed by atoms with E-state index in [1.54, 1.807) is 6.92 Å². The largest absolute Gasteiger partial charge is 0.461 e. The van der Waals surface area contributed by atoms with Crippen LogP contribution in [0.1, 0.15) is 60.6 Å². The maximum Gasteiger partial charge on any atom is 0.359 e.